The van der Waals surface area contributed by atoms with E-state index in [0.717, 1.165) is 18.9 Å². The highest BCUT2D eigenvalue weighted by Crippen LogP contribution is 2.27. The molecule has 0 saturated carbocycles. The summed E-state index contributed by atoms with van der Waals surface area (Å²) in [6.45, 7) is 3.14. The molecule has 168 valence electrons. The van der Waals surface area contributed by atoms with Crippen LogP contribution in [0.15, 0.2) is 42.5 Å². The van der Waals surface area contributed by atoms with Crippen molar-refractivity contribution < 1.29 is 19.3 Å². The van der Waals surface area contributed by atoms with E-state index in [1.807, 2.05) is 0 Å². The number of amides is 3. The standard InChI is InChI=1S/C22H23ClN4O5/c1-2-3-10-26-13-15(11-20(26)28)22(30)24-16-6-4-14(5-7-16)21(29)25-19-9-8-17(27(31)32)12-18(19)23/h4-9,12,15H,2-3,10-11,13H2,1H3,(H,24,30)(H,25,29). The first kappa shape index (κ1) is 23.2. The summed E-state index contributed by atoms with van der Waals surface area (Å²) in [4.78, 5) is 49.0. The highest BCUT2D eigenvalue weighted by Gasteiger charge is 2.33. The first-order valence-electron chi connectivity index (χ1n) is 10.2. The molecule has 1 fully saturated rings. The molecule has 2 N–H and O–H groups in total. The van der Waals surface area contributed by atoms with Crippen LogP contribution in [-0.4, -0.2) is 40.6 Å². The zero-order valence-corrected chi connectivity index (χ0v) is 18.2. The van der Waals surface area contributed by atoms with Gasteiger partial charge in [0.25, 0.3) is 11.6 Å². The van der Waals surface area contributed by atoms with Crippen molar-refractivity contribution in [3.05, 3.63) is 63.2 Å². The van der Waals surface area contributed by atoms with Gasteiger partial charge in [0.05, 0.1) is 21.6 Å². The van der Waals surface area contributed by atoms with E-state index < -0.39 is 16.7 Å². The molecule has 0 aliphatic carbocycles. The Kier molecular flexibility index (Phi) is 7.42. The van der Waals surface area contributed by atoms with Crippen molar-refractivity contribution in [2.75, 3.05) is 23.7 Å². The van der Waals surface area contributed by atoms with Crippen LogP contribution in [0.1, 0.15) is 36.5 Å². The van der Waals surface area contributed by atoms with E-state index in [1.54, 1.807) is 17.0 Å². The Balaban J connectivity index is 1.58. The molecule has 3 rings (SSSR count). The molecule has 1 heterocycles. The van der Waals surface area contributed by atoms with Crippen LogP contribution >= 0.6 is 11.6 Å². The van der Waals surface area contributed by atoms with Crippen LogP contribution in [0, 0.1) is 16.0 Å². The van der Waals surface area contributed by atoms with Crippen LogP contribution in [-0.2, 0) is 9.59 Å². The second kappa shape index (κ2) is 10.2. The fraction of sp³-hybridized carbons (Fsp3) is 0.318. The molecule has 1 saturated heterocycles. The first-order valence-corrected chi connectivity index (χ1v) is 10.6. The SMILES string of the molecule is CCCCN1CC(C(=O)Nc2ccc(C(=O)Nc3ccc([N+](=O)[O-])cc3Cl)cc2)CC1=O. The summed E-state index contributed by atoms with van der Waals surface area (Å²) < 4.78 is 0. The minimum Gasteiger partial charge on any atom is -0.342 e. The Labute approximate surface area is 189 Å². The van der Waals surface area contributed by atoms with Gasteiger partial charge in [0.1, 0.15) is 0 Å². The zero-order chi connectivity index (χ0) is 23.3. The minimum absolute atomic E-state index is 0.00414. The molecule has 0 radical (unpaired) electrons. The number of halogens is 1. The lowest BCUT2D eigenvalue weighted by Gasteiger charge is -2.16. The van der Waals surface area contributed by atoms with Crippen molar-refractivity contribution in [3.8, 4) is 0 Å². The van der Waals surface area contributed by atoms with E-state index in [9.17, 15) is 24.5 Å². The molecule has 0 spiro atoms. The van der Waals surface area contributed by atoms with Gasteiger partial charge in [-0.15, -0.1) is 0 Å². The summed E-state index contributed by atoms with van der Waals surface area (Å²) in [5, 5.41) is 16.2. The fourth-order valence-electron chi connectivity index (χ4n) is 3.38. The summed E-state index contributed by atoms with van der Waals surface area (Å²) >= 11 is 6.00. The monoisotopic (exact) mass is 458 g/mol. The number of rotatable bonds is 8. The maximum Gasteiger partial charge on any atom is 0.271 e. The average Bonchev–Trinajstić information content (AvgIpc) is 3.14. The van der Waals surface area contributed by atoms with Gasteiger partial charge in [-0.25, -0.2) is 0 Å². The third-order valence-corrected chi connectivity index (χ3v) is 5.51. The lowest BCUT2D eigenvalue weighted by atomic mass is 10.1. The van der Waals surface area contributed by atoms with Crippen LogP contribution in [0.3, 0.4) is 0 Å². The van der Waals surface area contributed by atoms with Crippen molar-refractivity contribution in [3.63, 3.8) is 0 Å². The predicted molar refractivity (Wildman–Crippen MR) is 121 cm³/mol. The summed E-state index contributed by atoms with van der Waals surface area (Å²) in [6.07, 6.45) is 2.09. The molecular formula is C22H23ClN4O5. The smallest absolute Gasteiger partial charge is 0.271 e. The number of benzene rings is 2. The van der Waals surface area contributed by atoms with Gasteiger partial charge in [0, 0.05) is 42.9 Å². The molecule has 2 aromatic carbocycles. The van der Waals surface area contributed by atoms with Crippen molar-refractivity contribution >= 4 is 46.4 Å². The Morgan fingerprint density at radius 3 is 2.53 bits per heavy atom. The molecule has 1 unspecified atom stereocenters. The lowest BCUT2D eigenvalue weighted by Crippen LogP contribution is -2.29. The zero-order valence-electron chi connectivity index (χ0n) is 17.5. The topological polar surface area (TPSA) is 122 Å². The van der Waals surface area contributed by atoms with Gasteiger partial charge in [-0.2, -0.15) is 0 Å². The molecule has 32 heavy (non-hydrogen) atoms. The lowest BCUT2D eigenvalue weighted by molar-refractivity contribution is -0.384. The number of hydrogen-bond acceptors (Lipinski definition) is 5. The fourth-order valence-corrected chi connectivity index (χ4v) is 3.60. The summed E-state index contributed by atoms with van der Waals surface area (Å²) in [6, 6.07) is 10.0. The Morgan fingerprint density at radius 2 is 1.91 bits per heavy atom. The quantitative estimate of drug-likeness (QED) is 0.455. The van der Waals surface area contributed by atoms with E-state index in [2.05, 4.69) is 17.6 Å². The third kappa shape index (κ3) is 5.61. The second-order valence-electron chi connectivity index (χ2n) is 7.54. The maximum absolute atomic E-state index is 12.5. The average molecular weight is 459 g/mol. The van der Waals surface area contributed by atoms with Crippen LogP contribution < -0.4 is 10.6 Å². The van der Waals surface area contributed by atoms with E-state index in [4.69, 9.17) is 11.6 Å². The number of nitro benzene ring substituents is 1. The molecule has 0 bridgehead atoms. The molecular weight excluding hydrogens is 436 g/mol. The number of unbranched alkanes of at least 4 members (excludes halogenated alkanes) is 1. The molecule has 1 aliphatic heterocycles. The van der Waals surface area contributed by atoms with Gasteiger partial charge in [-0.3, -0.25) is 24.5 Å². The highest BCUT2D eigenvalue weighted by molar-refractivity contribution is 6.34. The van der Waals surface area contributed by atoms with Crippen LogP contribution in [0.25, 0.3) is 0 Å². The first-order chi connectivity index (χ1) is 15.3. The molecule has 10 heteroatoms. The molecule has 1 atom stereocenters. The Bertz CT molecular complexity index is 1040. The van der Waals surface area contributed by atoms with Gasteiger partial charge in [0.2, 0.25) is 11.8 Å². The molecule has 2 aromatic rings. The van der Waals surface area contributed by atoms with Gasteiger partial charge < -0.3 is 15.5 Å². The largest absolute Gasteiger partial charge is 0.342 e. The van der Waals surface area contributed by atoms with Crippen LogP contribution in [0.2, 0.25) is 5.02 Å². The number of nitrogens with zero attached hydrogens (tertiary/aromatic N) is 2. The van der Waals surface area contributed by atoms with Gasteiger partial charge >= 0.3 is 0 Å². The van der Waals surface area contributed by atoms with Crippen molar-refractivity contribution in [1.82, 2.24) is 4.90 Å². The number of carbonyl (C=O) groups excluding carboxylic acids is 3. The van der Waals surface area contributed by atoms with E-state index >= 15 is 0 Å². The van der Waals surface area contributed by atoms with Gasteiger partial charge in [-0.1, -0.05) is 24.9 Å². The van der Waals surface area contributed by atoms with Gasteiger partial charge in [0.15, 0.2) is 0 Å². The van der Waals surface area contributed by atoms with Crippen molar-refractivity contribution in [2.24, 2.45) is 5.92 Å². The summed E-state index contributed by atoms with van der Waals surface area (Å²) in [5.74, 6) is -1.08. The number of hydrogen-bond donors (Lipinski definition) is 2. The normalized spacial score (nSPS) is 15.5. The Hall–Kier alpha value is -3.46. The number of carbonyl (C=O) groups is 3. The van der Waals surface area contributed by atoms with Crippen LogP contribution in [0.4, 0.5) is 17.1 Å². The number of nitrogens with one attached hydrogen (secondary N) is 2. The molecule has 1 aliphatic rings. The Morgan fingerprint density at radius 1 is 1.19 bits per heavy atom. The number of nitro groups is 1. The minimum atomic E-state index is -0.575. The van der Waals surface area contributed by atoms with Crippen molar-refractivity contribution in [2.45, 2.75) is 26.2 Å². The van der Waals surface area contributed by atoms with E-state index in [0.29, 0.717) is 24.3 Å². The molecule has 0 aromatic heterocycles. The third-order valence-electron chi connectivity index (χ3n) is 5.19. The second-order valence-corrected chi connectivity index (χ2v) is 7.94. The highest BCUT2D eigenvalue weighted by atomic mass is 35.5. The van der Waals surface area contributed by atoms with Crippen LogP contribution in [0.5, 0.6) is 0 Å². The van der Waals surface area contributed by atoms with Gasteiger partial charge in [-0.05, 0) is 36.8 Å². The summed E-state index contributed by atoms with van der Waals surface area (Å²) in [5.41, 5.74) is 0.905. The summed E-state index contributed by atoms with van der Waals surface area (Å²) in [7, 11) is 0. The number of non-ortho nitro benzene ring substituents is 1. The predicted octanol–water partition coefficient (Wildman–Crippen LogP) is 4.09. The molecule has 3 amide bonds. The molecule has 9 nitrogen and oxygen atoms in total. The van der Waals surface area contributed by atoms with Crippen molar-refractivity contribution in [1.29, 1.82) is 0 Å². The van der Waals surface area contributed by atoms with E-state index in [1.165, 1.54) is 24.3 Å². The van der Waals surface area contributed by atoms with E-state index in [-0.39, 0.29) is 34.6 Å². The maximum atomic E-state index is 12.5. The number of likely N-dealkylation sites (tertiary alicyclic amines) is 1. The number of anilines is 2.